The van der Waals surface area contributed by atoms with Gasteiger partial charge in [0.1, 0.15) is 0 Å². The van der Waals surface area contributed by atoms with E-state index in [2.05, 4.69) is 52.8 Å². The number of hydrogen-bond donors (Lipinski definition) is 2. The van der Waals surface area contributed by atoms with Gasteiger partial charge in [-0.05, 0) is 42.2 Å². The lowest BCUT2D eigenvalue weighted by Gasteiger charge is -2.24. The Hall–Kier alpha value is -2.34. The molecule has 5 heteroatoms. The highest BCUT2D eigenvalue weighted by Gasteiger charge is 2.16. The van der Waals surface area contributed by atoms with Gasteiger partial charge in [-0.2, -0.15) is 0 Å². The Kier molecular flexibility index (Phi) is 6.27. The average Bonchev–Trinajstić information content (AvgIpc) is 3.17. The molecule has 3 aromatic rings. The van der Waals surface area contributed by atoms with Crippen LogP contribution in [0.15, 0.2) is 48.5 Å². The van der Waals surface area contributed by atoms with Gasteiger partial charge < -0.3 is 24.5 Å². The molecule has 0 aliphatic carbocycles. The number of anilines is 1. The molecule has 2 heterocycles. The number of hydrogen-bond acceptors (Lipinski definition) is 4. The van der Waals surface area contributed by atoms with Gasteiger partial charge in [-0.3, -0.25) is 0 Å². The van der Waals surface area contributed by atoms with E-state index in [-0.39, 0.29) is 0 Å². The fourth-order valence-electron chi connectivity index (χ4n) is 3.67. The predicted molar refractivity (Wildman–Crippen MR) is 113 cm³/mol. The third-order valence-electron chi connectivity index (χ3n) is 5.15. The molecule has 1 saturated heterocycles. The van der Waals surface area contributed by atoms with Crippen molar-refractivity contribution in [3.63, 3.8) is 0 Å². The smallest absolute Gasteiger partial charge is 0.0719 e. The largest absolute Gasteiger partial charge is 0.382 e. The summed E-state index contributed by atoms with van der Waals surface area (Å²) in [4.78, 5) is 3.62. The maximum Gasteiger partial charge on any atom is 0.0719 e. The van der Waals surface area contributed by atoms with Crippen LogP contribution >= 0.6 is 0 Å². The zero-order valence-corrected chi connectivity index (χ0v) is 16.4. The van der Waals surface area contributed by atoms with E-state index < -0.39 is 0 Å². The van der Waals surface area contributed by atoms with Gasteiger partial charge in [0.05, 0.1) is 31.0 Å². The van der Waals surface area contributed by atoms with Gasteiger partial charge >= 0.3 is 0 Å². The Bertz CT molecular complexity index is 886. The first kappa shape index (κ1) is 19.0. The Morgan fingerprint density at radius 2 is 1.89 bits per heavy atom. The molecule has 4 rings (SSSR count). The van der Waals surface area contributed by atoms with Crippen LogP contribution in [0.1, 0.15) is 18.4 Å². The molecule has 2 N–H and O–H groups in total. The SMILES string of the molecule is COCCOCc1cc(NC2CCOCC2)c2[nH]c(-c3ccccc3)cc2c1. The Morgan fingerprint density at radius 1 is 1.07 bits per heavy atom. The fourth-order valence-corrected chi connectivity index (χ4v) is 3.67. The minimum atomic E-state index is 0.435. The highest BCUT2D eigenvalue weighted by molar-refractivity contribution is 5.95. The maximum absolute atomic E-state index is 5.76. The molecule has 0 atom stereocenters. The molecule has 0 unspecified atom stereocenters. The fraction of sp³-hybridized carbons (Fsp3) is 0.391. The Morgan fingerprint density at radius 3 is 2.68 bits per heavy atom. The van der Waals surface area contributed by atoms with Crippen molar-refractivity contribution in [2.75, 3.05) is 38.9 Å². The molecule has 1 aliphatic heterocycles. The van der Waals surface area contributed by atoms with E-state index in [4.69, 9.17) is 14.2 Å². The zero-order chi connectivity index (χ0) is 19.2. The summed E-state index contributed by atoms with van der Waals surface area (Å²) < 4.78 is 16.3. The van der Waals surface area contributed by atoms with E-state index in [1.54, 1.807) is 7.11 Å². The standard InChI is InChI=1S/C23H28N2O3/c1-26-11-12-28-16-17-13-19-15-21(18-5-3-2-4-6-18)25-23(19)22(14-17)24-20-7-9-27-10-8-20/h2-6,13-15,20,24-25H,7-12,16H2,1H3. The number of fused-ring (bicyclic) bond motifs is 1. The van der Waals surface area contributed by atoms with Crippen molar-refractivity contribution < 1.29 is 14.2 Å². The highest BCUT2D eigenvalue weighted by Crippen LogP contribution is 2.31. The minimum Gasteiger partial charge on any atom is -0.382 e. The summed E-state index contributed by atoms with van der Waals surface area (Å²) in [5, 5.41) is 4.93. The molecule has 0 spiro atoms. The predicted octanol–water partition coefficient (Wildman–Crippen LogP) is 4.59. The Labute approximate surface area is 166 Å². The number of benzene rings is 2. The summed E-state index contributed by atoms with van der Waals surface area (Å²) in [5.74, 6) is 0. The molecule has 0 amide bonds. The molecule has 2 aromatic carbocycles. The van der Waals surface area contributed by atoms with Crippen molar-refractivity contribution in [1.29, 1.82) is 0 Å². The number of rotatable bonds is 8. The van der Waals surface area contributed by atoms with Crippen molar-refractivity contribution in [2.24, 2.45) is 0 Å². The van der Waals surface area contributed by atoms with Crippen molar-refractivity contribution >= 4 is 16.6 Å². The van der Waals surface area contributed by atoms with Crippen molar-refractivity contribution in [1.82, 2.24) is 4.98 Å². The summed E-state index contributed by atoms with van der Waals surface area (Å²) in [5.41, 5.74) is 5.76. The van der Waals surface area contributed by atoms with E-state index in [1.165, 1.54) is 10.9 Å². The van der Waals surface area contributed by atoms with E-state index in [0.717, 1.165) is 48.5 Å². The second-order valence-electron chi connectivity index (χ2n) is 7.23. The van der Waals surface area contributed by atoms with Gasteiger partial charge in [-0.1, -0.05) is 30.3 Å². The van der Waals surface area contributed by atoms with E-state index in [0.29, 0.717) is 25.9 Å². The molecule has 148 valence electrons. The second kappa shape index (κ2) is 9.24. The lowest BCUT2D eigenvalue weighted by Crippen LogP contribution is -2.28. The number of nitrogens with one attached hydrogen (secondary N) is 2. The van der Waals surface area contributed by atoms with Crippen molar-refractivity contribution in [3.05, 3.63) is 54.1 Å². The van der Waals surface area contributed by atoms with Crippen LogP contribution in [0.25, 0.3) is 22.2 Å². The first-order valence-electron chi connectivity index (χ1n) is 9.95. The summed E-state index contributed by atoms with van der Waals surface area (Å²) in [6, 6.07) is 17.5. The van der Waals surface area contributed by atoms with Crippen LogP contribution in [-0.4, -0.2) is 44.6 Å². The average molecular weight is 380 g/mol. The monoisotopic (exact) mass is 380 g/mol. The molecule has 1 fully saturated rings. The van der Waals surface area contributed by atoms with Crippen LogP contribution in [-0.2, 0) is 20.8 Å². The second-order valence-corrected chi connectivity index (χ2v) is 7.23. The molecule has 0 saturated carbocycles. The zero-order valence-electron chi connectivity index (χ0n) is 16.4. The van der Waals surface area contributed by atoms with Gasteiger partial charge in [0.15, 0.2) is 0 Å². The highest BCUT2D eigenvalue weighted by atomic mass is 16.5. The number of H-pyrrole nitrogens is 1. The van der Waals surface area contributed by atoms with E-state index in [1.807, 2.05) is 6.07 Å². The van der Waals surface area contributed by atoms with Gasteiger partial charge in [0.25, 0.3) is 0 Å². The van der Waals surface area contributed by atoms with Crippen molar-refractivity contribution in [3.8, 4) is 11.3 Å². The van der Waals surface area contributed by atoms with Gasteiger partial charge in [0.2, 0.25) is 0 Å². The molecule has 1 aliphatic rings. The number of methoxy groups -OCH3 is 1. The third kappa shape index (κ3) is 4.55. The van der Waals surface area contributed by atoms with Crippen LogP contribution in [0.2, 0.25) is 0 Å². The van der Waals surface area contributed by atoms with Crippen LogP contribution < -0.4 is 5.32 Å². The third-order valence-corrected chi connectivity index (χ3v) is 5.15. The quantitative estimate of drug-likeness (QED) is 0.561. The van der Waals surface area contributed by atoms with Crippen LogP contribution in [0.4, 0.5) is 5.69 Å². The normalized spacial score (nSPS) is 15.2. The number of aromatic amines is 1. The van der Waals surface area contributed by atoms with Gasteiger partial charge in [0, 0.05) is 37.4 Å². The Balaban J connectivity index is 1.64. The summed E-state index contributed by atoms with van der Waals surface area (Å²) in [7, 11) is 1.69. The van der Waals surface area contributed by atoms with Crippen LogP contribution in [0.3, 0.4) is 0 Å². The first-order valence-corrected chi connectivity index (χ1v) is 9.95. The first-order chi connectivity index (χ1) is 13.8. The molecule has 1 aromatic heterocycles. The number of ether oxygens (including phenoxy) is 3. The number of aromatic nitrogens is 1. The van der Waals surface area contributed by atoms with E-state index in [9.17, 15) is 0 Å². The summed E-state index contributed by atoms with van der Waals surface area (Å²) >= 11 is 0. The molecule has 5 nitrogen and oxygen atoms in total. The van der Waals surface area contributed by atoms with Gasteiger partial charge in [-0.15, -0.1) is 0 Å². The lowest BCUT2D eigenvalue weighted by molar-refractivity contribution is 0.0617. The van der Waals surface area contributed by atoms with Crippen LogP contribution in [0, 0.1) is 0 Å². The summed E-state index contributed by atoms with van der Waals surface area (Å²) in [6.45, 7) is 3.42. The van der Waals surface area contributed by atoms with E-state index >= 15 is 0 Å². The minimum absolute atomic E-state index is 0.435. The van der Waals surface area contributed by atoms with Gasteiger partial charge in [-0.25, -0.2) is 0 Å². The summed E-state index contributed by atoms with van der Waals surface area (Å²) in [6.07, 6.45) is 2.06. The molecule has 28 heavy (non-hydrogen) atoms. The maximum atomic E-state index is 5.76. The molecular weight excluding hydrogens is 352 g/mol. The van der Waals surface area contributed by atoms with Crippen LogP contribution in [0.5, 0.6) is 0 Å². The lowest BCUT2D eigenvalue weighted by atomic mass is 10.1. The molecule has 0 radical (unpaired) electrons. The topological polar surface area (TPSA) is 55.5 Å². The molecular formula is C23H28N2O3. The molecule has 0 bridgehead atoms. The van der Waals surface area contributed by atoms with Crippen molar-refractivity contribution in [2.45, 2.75) is 25.5 Å².